The second kappa shape index (κ2) is 9.69. The average molecular weight is 441 g/mol. The van der Waals surface area contributed by atoms with E-state index in [9.17, 15) is 9.59 Å². The summed E-state index contributed by atoms with van der Waals surface area (Å²) in [4.78, 5) is 27.7. The van der Waals surface area contributed by atoms with Gasteiger partial charge in [0.25, 0.3) is 11.1 Å². The van der Waals surface area contributed by atoms with Gasteiger partial charge in [-0.25, -0.2) is 0 Å². The van der Waals surface area contributed by atoms with E-state index in [4.69, 9.17) is 0 Å². The summed E-state index contributed by atoms with van der Waals surface area (Å²) >= 11 is 0. The molecule has 0 aliphatic heterocycles. The van der Waals surface area contributed by atoms with E-state index in [0.29, 0.717) is 28.3 Å². The molecule has 0 aliphatic carbocycles. The number of anilines is 1. The molecule has 1 aromatic heterocycles. The maximum Gasteiger partial charge on any atom is 0.289 e. The fourth-order valence-corrected chi connectivity index (χ4v) is 4.17. The molecule has 0 radical (unpaired) electrons. The summed E-state index contributed by atoms with van der Waals surface area (Å²) in [5.41, 5.74) is 4.73. The number of nitrogens with one attached hydrogen (secondary N) is 1. The molecule has 0 saturated carbocycles. The first kappa shape index (κ1) is 22.3. The fourth-order valence-electron chi connectivity index (χ4n) is 4.17. The van der Waals surface area contributed by atoms with Gasteiger partial charge in [-0.2, -0.15) is 5.10 Å². The first-order valence-electron chi connectivity index (χ1n) is 11.2. The Hall–Kier alpha value is -3.93. The summed E-state index contributed by atoms with van der Waals surface area (Å²) in [5.74, 6) is 0.381. The van der Waals surface area contributed by atoms with E-state index >= 15 is 0 Å². The molecule has 4 aromatic rings. The van der Waals surface area contributed by atoms with Gasteiger partial charge in [-0.1, -0.05) is 62.4 Å². The molecule has 33 heavy (non-hydrogen) atoms. The fraction of sp³-hybridized carbons (Fsp3) is 0.222. The summed E-state index contributed by atoms with van der Waals surface area (Å²) in [7, 11) is 0. The van der Waals surface area contributed by atoms with Crippen LogP contribution in [0.2, 0.25) is 0 Å². The van der Waals surface area contributed by atoms with Gasteiger partial charge in [0.15, 0.2) is 0 Å². The smallest absolute Gasteiger partial charge is 0.289 e. The van der Waals surface area contributed by atoms with Gasteiger partial charge in [-0.3, -0.25) is 19.6 Å². The van der Waals surface area contributed by atoms with Gasteiger partial charge in [-0.05, 0) is 55.7 Å². The molecule has 3 aromatic carbocycles. The number of hydrogen-bond donors (Lipinski definition) is 1. The number of rotatable bonds is 6. The summed E-state index contributed by atoms with van der Waals surface area (Å²) in [6.45, 7) is 6.26. The molecule has 0 bridgehead atoms. The van der Waals surface area contributed by atoms with Crippen molar-refractivity contribution in [3.8, 4) is 5.69 Å². The van der Waals surface area contributed by atoms with Gasteiger partial charge in [-0.15, -0.1) is 0 Å². The Labute approximate surface area is 192 Å². The minimum absolute atomic E-state index is 0.121. The predicted molar refractivity (Wildman–Crippen MR) is 134 cm³/mol. The molecular formula is C27H28N4O2. The third-order valence-corrected chi connectivity index (χ3v) is 5.55. The van der Waals surface area contributed by atoms with E-state index in [0.717, 1.165) is 6.42 Å². The lowest BCUT2D eigenvalue weighted by atomic mass is 10.0. The zero-order valence-corrected chi connectivity index (χ0v) is 19.1. The molecule has 1 unspecified atom stereocenters. The highest BCUT2D eigenvalue weighted by Crippen LogP contribution is 2.21. The Balaban J connectivity index is 2.14. The molecular weight excluding hydrogens is 412 g/mol. The molecule has 168 valence electrons. The highest BCUT2D eigenvalue weighted by molar-refractivity contribution is 5.76. The van der Waals surface area contributed by atoms with Crippen LogP contribution >= 0.6 is 0 Å². The van der Waals surface area contributed by atoms with Crippen LogP contribution in [-0.2, 0) is 0 Å². The lowest BCUT2D eigenvalue weighted by molar-refractivity contribution is 0.428. The number of nitrogens with zero attached hydrogens (tertiary/aromatic N) is 3. The standard InChI is InChI=1S/C27H28N4O2/c1-19(2)18-20(3)30-23-16-10-11-17-24(23)31(22-14-8-5-9-15-22)27(33)25(26(30)32)29-28-21-12-6-4-7-13-21/h4-17,19-20,28H,18H2,1-3H3. The highest BCUT2D eigenvalue weighted by Gasteiger charge is 2.17. The Morgan fingerprint density at radius 1 is 0.758 bits per heavy atom. The van der Waals surface area contributed by atoms with Crippen molar-refractivity contribution in [3.05, 3.63) is 111 Å². The van der Waals surface area contributed by atoms with Crippen LogP contribution in [0.1, 0.15) is 33.2 Å². The van der Waals surface area contributed by atoms with E-state index in [1.807, 2.05) is 91.9 Å². The molecule has 1 N–H and O–H groups in total. The number of para-hydroxylation sites is 4. The monoisotopic (exact) mass is 440 g/mol. The maximum atomic E-state index is 13.8. The normalized spacial score (nSPS) is 12.8. The zero-order valence-electron chi connectivity index (χ0n) is 19.1. The van der Waals surface area contributed by atoms with Crippen molar-refractivity contribution in [1.82, 2.24) is 9.13 Å². The third-order valence-electron chi connectivity index (χ3n) is 5.55. The van der Waals surface area contributed by atoms with Crippen molar-refractivity contribution in [2.24, 2.45) is 11.0 Å². The number of fused-ring (bicyclic) bond motifs is 1. The Kier molecular flexibility index (Phi) is 6.54. The summed E-state index contributed by atoms with van der Waals surface area (Å²) in [6, 6.07) is 26.0. The highest BCUT2D eigenvalue weighted by atomic mass is 16.1. The predicted octanol–water partition coefficient (Wildman–Crippen LogP) is 4.69. The maximum absolute atomic E-state index is 13.8. The van der Waals surface area contributed by atoms with Crippen molar-refractivity contribution in [3.63, 3.8) is 0 Å². The molecule has 0 amide bonds. The van der Waals surface area contributed by atoms with Crippen LogP contribution in [0.3, 0.4) is 0 Å². The first-order valence-corrected chi connectivity index (χ1v) is 11.2. The minimum atomic E-state index is -0.471. The molecule has 1 atom stereocenters. The van der Waals surface area contributed by atoms with Crippen LogP contribution in [0.25, 0.3) is 16.7 Å². The van der Waals surface area contributed by atoms with E-state index in [1.54, 1.807) is 9.13 Å². The van der Waals surface area contributed by atoms with Crippen molar-refractivity contribution in [2.45, 2.75) is 33.2 Å². The Morgan fingerprint density at radius 3 is 1.97 bits per heavy atom. The van der Waals surface area contributed by atoms with Crippen LogP contribution in [0.5, 0.6) is 0 Å². The van der Waals surface area contributed by atoms with Crippen molar-refractivity contribution < 1.29 is 0 Å². The largest absolute Gasteiger partial charge is 0.302 e. The van der Waals surface area contributed by atoms with E-state index in [1.165, 1.54) is 0 Å². The molecule has 1 heterocycles. The van der Waals surface area contributed by atoms with Gasteiger partial charge >= 0.3 is 0 Å². The van der Waals surface area contributed by atoms with Crippen molar-refractivity contribution >= 4 is 16.7 Å². The second-order valence-corrected chi connectivity index (χ2v) is 8.56. The molecule has 0 saturated heterocycles. The van der Waals surface area contributed by atoms with Crippen LogP contribution in [0.4, 0.5) is 5.69 Å². The molecule has 4 rings (SSSR count). The Bertz CT molecular complexity index is 1440. The Morgan fingerprint density at radius 2 is 1.33 bits per heavy atom. The topological polar surface area (TPSA) is 68.4 Å². The summed E-state index contributed by atoms with van der Waals surface area (Å²) < 4.78 is 3.28. The number of hydrogen-bond acceptors (Lipinski definition) is 4. The van der Waals surface area contributed by atoms with Crippen molar-refractivity contribution in [2.75, 3.05) is 5.43 Å². The lowest BCUT2D eigenvalue weighted by Crippen LogP contribution is -2.45. The quantitative estimate of drug-likeness (QED) is 0.443. The van der Waals surface area contributed by atoms with Gasteiger partial charge in [0.05, 0.1) is 16.7 Å². The molecule has 0 aliphatic rings. The van der Waals surface area contributed by atoms with Crippen LogP contribution in [-0.4, -0.2) is 9.13 Å². The minimum Gasteiger partial charge on any atom is -0.302 e. The molecule has 0 spiro atoms. The third kappa shape index (κ3) is 4.65. The molecule has 6 nitrogen and oxygen atoms in total. The number of benzene rings is 3. The lowest BCUT2D eigenvalue weighted by Gasteiger charge is -2.18. The number of aromatic nitrogens is 2. The SMILES string of the molecule is CC(C)CC(C)n1c(=O)c(=NNc2ccccc2)c(=O)n(-c2ccccc2)c2ccccc21. The first-order chi connectivity index (χ1) is 16.0. The van der Waals surface area contributed by atoms with Gasteiger partial charge in [0, 0.05) is 11.7 Å². The molecule has 0 fully saturated rings. The zero-order chi connectivity index (χ0) is 23.4. The average Bonchev–Trinajstić information content (AvgIpc) is 2.90. The van der Waals surface area contributed by atoms with Gasteiger partial charge < -0.3 is 4.57 Å². The van der Waals surface area contributed by atoms with E-state index in [2.05, 4.69) is 24.4 Å². The second-order valence-electron chi connectivity index (χ2n) is 8.56. The van der Waals surface area contributed by atoms with Crippen LogP contribution in [0.15, 0.2) is 99.6 Å². The van der Waals surface area contributed by atoms with Gasteiger partial charge in [0.1, 0.15) is 0 Å². The van der Waals surface area contributed by atoms with E-state index < -0.39 is 11.1 Å². The van der Waals surface area contributed by atoms with E-state index in [-0.39, 0.29) is 11.4 Å². The van der Waals surface area contributed by atoms with Crippen LogP contribution in [0, 0.1) is 5.92 Å². The van der Waals surface area contributed by atoms with Gasteiger partial charge in [0.2, 0.25) is 5.36 Å². The van der Waals surface area contributed by atoms with Crippen LogP contribution < -0.4 is 21.9 Å². The molecule has 6 heteroatoms. The summed E-state index contributed by atoms with van der Waals surface area (Å²) in [5, 5.41) is 4.17. The summed E-state index contributed by atoms with van der Waals surface area (Å²) in [6.07, 6.45) is 0.791. The van der Waals surface area contributed by atoms with Crippen molar-refractivity contribution in [1.29, 1.82) is 0 Å².